The molecule has 0 saturated heterocycles. The fraction of sp³-hybridized carbons (Fsp3) is 0.267. The molecule has 0 radical (unpaired) electrons. The third-order valence-corrected chi connectivity index (χ3v) is 3.47. The van der Waals surface area contributed by atoms with Crippen LogP contribution in [0.2, 0.25) is 0 Å². The largest absolute Gasteiger partial charge is 0.463 e. The highest BCUT2D eigenvalue weighted by Gasteiger charge is 2.12. The van der Waals surface area contributed by atoms with Gasteiger partial charge in [0, 0.05) is 10.2 Å². The first kappa shape index (κ1) is 14.8. The van der Waals surface area contributed by atoms with Crippen LogP contribution in [0.25, 0.3) is 0 Å². The van der Waals surface area contributed by atoms with Gasteiger partial charge in [0.2, 0.25) is 0 Å². The van der Waals surface area contributed by atoms with Crippen molar-refractivity contribution < 1.29 is 14.1 Å². The molecule has 5 heteroatoms. The first-order valence-corrected chi connectivity index (χ1v) is 7.23. The molecule has 1 aromatic heterocycles. The van der Waals surface area contributed by atoms with Crippen molar-refractivity contribution in [1.82, 2.24) is 0 Å². The van der Waals surface area contributed by atoms with Crippen LogP contribution in [0.4, 0.5) is 5.69 Å². The minimum absolute atomic E-state index is 0.000483. The number of carbonyl (C=O) groups excluding carboxylic acids is 1. The molecule has 2 rings (SSSR count). The molecule has 0 aliphatic rings. The van der Waals surface area contributed by atoms with E-state index in [1.807, 2.05) is 44.3 Å². The molecule has 0 saturated carbocycles. The number of nitrogens with one attached hydrogen (secondary N) is 2. The predicted molar refractivity (Wildman–Crippen MR) is 81.7 cm³/mol. The Morgan fingerprint density at radius 3 is 2.85 bits per heavy atom. The number of likely N-dealkylation sites (N-methyl/N-ethyl adjacent to an activating group) is 1. The van der Waals surface area contributed by atoms with Gasteiger partial charge in [-0.2, -0.15) is 0 Å². The van der Waals surface area contributed by atoms with E-state index in [9.17, 15) is 4.79 Å². The van der Waals surface area contributed by atoms with Crippen LogP contribution in [-0.4, -0.2) is 19.5 Å². The molecule has 1 amide bonds. The summed E-state index contributed by atoms with van der Waals surface area (Å²) < 4.78 is 6.29. The van der Waals surface area contributed by atoms with Crippen molar-refractivity contribution in [1.29, 1.82) is 0 Å². The average molecular weight is 338 g/mol. The van der Waals surface area contributed by atoms with Crippen LogP contribution in [0.3, 0.4) is 0 Å². The van der Waals surface area contributed by atoms with Crippen LogP contribution in [0, 0.1) is 6.92 Å². The maximum atomic E-state index is 12.0. The van der Waals surface area contributed by atoms with E-state index in [2.05, 4.69) is 21.2 Å². The van der Waals surface area contributed by atoms with Crippen LogP contribution in [0.1, 0.15) is 11.3 Å². The maximum absolute atomic E-state index is 12.0. The molecule has 0 aliphatic heterocycles. The zero-order valence-corrected chi connectivity index (χ0v) is 13.2. The Bertz CT molecular complexity index is 582. The van der Waals surface area contributed by atoms with E-state index < -0.39 is 0 Å². The van der Waals surface area contributed by atoms with E-state index in [1.165, 1.54) is 0 Å². The first-order chi connectivity index (χ1) is 9.54. The fourth-order valence-electron chi connectivity index (χ4n) is 2.01. The number of anilines is 1. The van der Waals surface area contributed by atoms with Crippen LogP contribution < -0.4 is 10.2 Å². The van der Waals surface area contributed by atoms with Gasteiger partial charge < -0.3 is 14.6 Å². The van der Waals surface area contributed by atoms with Gasteiger partial charge >= 0.3 is 0 Å². The summed E-state index contributed by atoms with van der Waals surface area (Å²) in [5, 5.41) is 2.94. The molecule has 0 aliphatic carbocycles. The van der Waals surface area contributed by atoms with Crippen molar-refractivity contribution in [2.75, 3.05) is 18.9 Å². The van der Waals surface area contributed by atoms with Gasteiger partial charge in [0.25, 0.3) is 5.91 Å². The minimum Gasteiger partial charge on any atom is -0.463 e. The summed E-state index contributed by atoms with van der Waals surface area (Å²) >= 11 is 3.41. The van der Waals surface area contributed by atoms with E-state index in [0.29, 0.717) is 13.1 Å². The van der Waals surface area contributed by atoms with Gasteiger partial charge in [-0.05, 0) is 42.8 Å². The van der Waals surface area contributed by atoms with E-state index in [-0.39, 0.29) is 5.91 Å². The van der Waals surface area contributed by atoms with Gasteiger partial charge in [0.15, 0.2) is 12.3 Å². The molecule has 2 aromatic rings. The summed E-state index contributed by atoms with van der Waals surface area (Å²) in [4.78, 5) is 13.1. The number of rotatable bonds is 5. The number of hydrogen-bond acceptors (Lipinski definition) is 2. The Morgan fingerprint density at radius 1 is 1.40 bits per heavy atom. The lowest BCUT2D eigenvalue weighted by atomic mass is 10.2. The second kappa shape index (κ2) is 6.72. The highest BCUT2D eigenvalue weighted by Crippen LogP contribution is 2.19. The minimum atomic E-state index is -0.000483. The van der Waals surface area contributed by atoms with Crippen LogP contribution in [-0.2, 0) is 11.3 Å². The monoisotopic (exact) mass is 337 g/mol. The summed E-state index contributed by atoms with van der Waals surface area (Å²) in [6.45, 7) is 3.07. The Kier molecular flexibility index (Phi) is 4.98. The number of aryl methyl sites for hydroxylation is 1. The lowest BCUT2D eigenvalue weighted by Gasteiger charge is -2.13. The van der Waals surface area contributed by atoms with E-state index in [4.69, 9.17) is 4.42 Å². The van der Waals surface area contributed by atoms with E-state index in [1.54, 1.807) is 6.26 Å². The second-order valence-electron chi connectivity index (χ2n) is 4.90. The first-order valence-electron chi connectivity index (χ1n) is 6.44. The van der Waals surface area contributed by atoms with Crippen LogP contribution in [0.5, 0.6) is 0 Å². The second-order valence-corrected chi connectivity index (χ2v) is 5.81. The zero-order chi connectivity index (χ0) is 14.5. The summed E-state index contributed by atoms with van der Waals surface area (Å²) in [7, 11) is 1.97. The lowest BCUT2D eigenvalue weighted by Crippen LogP contribution is -3.08. The molecule has 0 fully saturated rings. The molecule has 2 N–H and O–H groups in total. The zero-order valence-electron chi connectivity index (χ0n) is 11.6. The van der Waals surface area contributed by atoms with Crippen LogP contribution >= 0.6 is 15.9 Å². The Morgan fingerprint density at radius 2 is 2.20 bits per heavy atom. The fourth-order valence-corrected chi connectivity index (χ4v) is 2.48. The quantitative estimate of drug-likeness (QED) is 0.876. The number of halogens is 1. The Labute approximate surface area is 126 Å². The number of quaternary nitrogens is 1. The van der Waals surface area contributed by atoms with Crippen LogP contribution in [0.15, 0.2) is 45.5 Å². The van der Waals surface area contributed by atoms with Gasteiger partial charge in [-0.1, -0.05) is 15.9 Å². The molecule has 1 atom stereocenters. The average Bonchev–Trinajstić information content (AvgIpc) is 2.85. The molecule has 0 bridgehead atoms. The van der Waals surface area contributed by atoms with Gasteiger partial charge in [0.1, 0.15) is 6.54 Å². The highest BCUT2D eigenvalue weighted by molar-refractivity contribution is 9.10. The summed E-state index contributed by atoms with van der Waals surface area (Å²) in [5.74, 6) is 0.884. The van der Waals surface area contributed by atoms with Crippen molar-refractivity contribution >= 4 is 27.5 Å². The summed E-state index contributed by atoms with van der Waals surface area (Å²) in [6, 6.07) is 9.57. The van der Waals surface area contributed by atoms with Gasteiger partial charge in [-0.25, -0.2) is 0 Å². The molecular weight excluding hydrogens is 320 g/mol. The SMILES string of the molecule is Cc1cc(Br)ccc1NC(=O)C[NH+](C)Cc1ccco1. The Hall–Kier alpha value is -1.59. The number of furan rings is 1. The van der Waals surface area contributed by atoms with Crippen molar-refractivity contribution in [3.8, 4) is 0 Å². The third kappa shape index (κ3) is 4.21. The summed E-state index contributed by atoms with van der Waals surface area (Å²) in [5.41, 5.74) is 1.89. The molecule has 106 valence electrons. The molecule has 0 spiro atoms. The third-order valence-electron chi connectivity index (χ3n) is 2.98. The topological polar surface area (TPSA) is 46.7 Å². The van der Waals surface area contributed by atoms with Crippen molar-refractivity contribution in [2.24, 2.45) is 0 Å². The van der Waals surface area contributed by atoms with Crippen molar-refractivity contribution in [3.05, 3.63) is 52.4 Å². The highest BCUT2D eigenvalue weighted by atomic mass is 79.9. The number of carbonyl (C=O) groups is 1. The maximum Gasteiger partial charge on any atom is 0.279 e. The van der Waals surface area contributed by atoms with Gasteiger partial charge in [-0.3, -0.25) is 4.79 Å². The Balaban J connectivity index is 1.88. The predicted octanol–water partition coefficient (Wildman–Crippen LogP) is 2.00. The molecular formula is C15H18BrN2O2+. The molecule has 1 heterocycles. The van der Waals surface area contributed by atoms with Gasteiger partial charge in [0.05, 0.1) is 13.3 Å². The molecule has 1 aromatic carbocycles. The molecule has 1 unspecified atom stereocenters. The van der Waals surface area contributed by atoms with Gasteiger partial charge in [-0.15, -0.1) is 0 Å². The lowest BCUT2D eigenvalue weighted by molar-refractivity contribution is -0.886. The smallest absolute Gasteiger partial charge is 0.279 e. The normalized spacial score (nSPS) is 12.2. The number of hydrogen-bond donors (Lipinski definition) is 2. The van der Waals surface area contributed by atoms with Crippen molar-refractivity contribution in [2.45, 2.75) is 13.5 Å². The van der Waals surface area contributed by atoms with E-state index in [0.717, 1.165) is 26.4 Å². The summed E-state index contributed by atoms with van der Waals surface area (Å²) in [6.07, 6.45) is 1.65. The van der Waals surface area contributed by atoms with Crippen molar-refractivity contribution in [3.63, 3.8) is 0 Å². The van der Waals surface area contributed by atoms with E-state index >= 15 is 0 Å². The number of amides is 1. The molecule has 20 heavy (non-hydrogen) atoms. The molecule has 4 nitrogen and oxygen atoms in total. The number of benzene rings is 1. The standard InChI is InChI=1S/C15H17BrN2O2/c1-11-8-12(16)5-6-14(11)17-15(19)10-18(2)9-13-4-3-7-20-13/h3-8H,9-10H2,1-2H3,(H,17,19)/p+1.